The first-order chi connectivity index (χ1) is 9.91. The zero-order chi connectivity index (χ0) is 15.5. The van der Waals surface area contributed by atoms with Crippen molar-refractivity contribution >= 4 is 0 Å². The number of alkyl halides is 3. The van der Waals surface area contributed by atoms with Gasteiger partial charge in [0.15, 0.2) is 0 Å². The first-order valence-electron chi connectivity index (χ1n) is 6.29. The molecule has 1 aromatic heterocycles. The van der Waals surface area contributed by atoms with Gasteiger partial charge in [-0.3, -0.25) is 0 Å². The lowest BCUT2D eigenvalue weighted by Crippen LogP contribution is -2.08. The Morgan fingerprint density at radius 2 is 2.10 bits per heavy atom. The van der Waals surface area contributed by atoms with Crippen LogP contribution in [0.15, 0.2) is 22.7 Å². The number of benzene rings is 1. The van der Waals surface area contributed by atoms with E-state index in [4.69, 9.17) is 4.52 Å². The van der Waals surface area contributed by atoms with Crippen molar-refractivity contribution in [3.05, 3.63) is 29.7 Å². The molecule has 0 aliphatic carbocycles. The molecule has 2 rings (SSSR count). The standard InChI is InChI=1S/C13H14F3N3O2/c1-17-6-2-3-11-18-12(19-21-11)8-4-5-10(20)9(7-8)13(14,15)16/h4-5,7,17,20H,2-3,6H2,1H3. The van der Waals surface area contributed by atoms with Gasteiger partial charge < -0.3 is 14.9 Å². The molecule has 2 aromatic rings. The molecule has 5 nitrogen and oxygen atoms in total. The minimum absolute atomic E-state index is 0.0694. The summed E-state index contributed by atoms with van der Waals surface area (Å²) < 4.78 is 43.2. The van der Waals surface area contributed by atoms with E-state index in [0.717, 1.165) is 25.1 Å². The van der Waals surface area contributed by atoms with Crippen LogP contribution in [0, 0.1) is 0 Å². The van der Waals surface area contributed by atoms with E-state index in [1.807, 2.05) is 7.05 Å². The van der Waals surface area contributed by atoms with Crippen molar-refractivity contribution in [1.82, 2.24) is 15.5 Å². The van der Waals surface area contributed by atoms with Gasteiger partial charge in [0.05, 0.1) is 5.56 Å². The van der Waals surface area contributed by atoms with Crippen molar-refractivity contribution in [3.8, 4) is 17.1 Å². The summed E-state index contributed by atoms with van der Waals surface area (Å²) >= 11 is 0. The molecule has 0 atom stereocenters. The zero-order valence-electron chi connectivity index (χ0n) is 11.2. The topological polar surface area (TPSA) is 71.2 Å². The Morgan fingerprint density at radius 3 is 2.76 bits per heavy atom. The first-order valence-corrected chi connectivity index (χ1v) is 6.29. The van der Waals surface area contributed by atoms with Gasteiger partial charge >= 0.3 is 6.18 Å². The quantitative estimate of drug-likeness (QED) is 0.831. The molecular formula is C13H14F3N3O2. The van der Waals surface area contributed by atoms with Gasteiger partial charge in [-0.25, -0.2) is 0 Å². The van der Waals surface area contributed by atoms with Crippen LogP contribution < -0.4 is 5.32 Å². The Hall–Kier alpha value is -2.09. The number of phenols is 1. The number of nitrogens with zero attached hydrogens (tertiary/aromatic N) is 2. The van der Waals surface area contributed by atoms with Gasteiger partial charge in [-0.15, -0.1) is 0 Å². The van der Waals surface area contributed by atoms with Crippen LogP contribution in [0.25, 0.3) is 11.4 Å². The van der Waals surface area contributed by atoms with Crippen LogP contribution in [-0.2, 0) is 12.6 Å². The fourth-order valence-electron chi connectivity index (χ4n) is 1.79. The number of hydrogen-bond donors (Lipinski definition) is 2. The van der Waals surface area contributed by atoms with Crippen LogP contribution in [0.3, 0.4) is 0 Å². The van der Waals surface area contributed by atoms with Crippen molar-refractivity contribution in [2.24, 2.45) is 0 Å². The second-order valence-corrected chi connectivity index (χ2v) is 4.45. The maximum absolute atomic E-state index is 12.7. The van der Waals surface area contributed by atoms with Gasteiger partial charge in [0.2, 0.25) is 11.7 Å². The SMILES string of the molecule is CNCCCc1nc(-c2ccc(O)c(C(F)(F)F)c2)no1. The monoisotopic (exact) mass is 301 g/mol. The zero-order valence-corrected chi connectivity index (χ0v) is 11.2. The molecule has 8 heteroatoms. The maximum atomic E-state index is 12.7. The number of aryl methyl sites for hydroxylation is 1. The highest BCUT2D eigenvalue weighted by Gasteiger charge is 2.34. The highest BCUT2D eigenvalue weighted by molar-refractivity contribution is 5.58. The molecule has 0 saturated heterocycles. The van der Waals surface area contributed by atoms with Crippen LogP contribution in [0.4, 0.5) is 13.2 Å². The molecule has 0 saturated carbocycles. The summed E-state index contributed by atoms with van der Waals surface area (Å²) in [6, 6.07) is 3.08. The Balaban J connectivity index is 2.22. The van der Waals surface area contributed by atoms with Crippen LogP contribution >= 0.6 is 0 Å². The fraction of sp³-hybridized carbons (Fsp3) is 0.385. The molecule has 0 radical (unpaired) electrons. The lowest BCUT2D eigenvalue weighted by Gasteiger charge is -2.09. The molecule has 0 bridgehead atoms. The van der Waals surface area contributed by atoms with E-state index in [9.17, 15) is 18.3 Å². The maximum Gasteiger partial charge on any atom is 0.419 e. The minimum Gasteiger partial charge on any atom is -0.507 e. The minimum atomic E-state index is -4.64. The van der Waals surface area contributed by atoms with Gasteiger partial charge in [0.1, 0.15) is 5.75 Å². The fourth-order valence-corrected chi connectivity index (χ4v) is 1.79. The van der Waals surface area contributed by atoms with Gasteiger partial charge in [-0.05, 0) is 38.2 Å². The number of phenolic OH excluding ortho intramolecular Hbond substituents is 1. The van der Waals surface area contributed by atoms with E-state index in [0.29, 0.717) is 12.3 Å². The van der Waals surface area contributed by atoms with Crippen molar-refractivity contribution < 1.29 is 22.8 Å². The summed E-state index contributed by atoms with van der Waals surface area (Å²) in [7, 11) is 1.81. The van der Waals surface area contributed by atoms with Crippen LogP contribution in [-0.4, -0.2) is 28.8 Å². The average Bonchev–Trinajstić information content (AvgIpc) is 2.87. The number of rotatable bonds is 5. The summed E-state index contributed by atoms with van der Waals surface area (Å²) in [5.41, 5.74) is -0.981. The van der Waals surface area contributed by atoms with Crippen molar-refractivity contribution in [3.63, 3.8) is 0 Å². The van der Waals surface area contributed by atoms with E-state index in [1.165, 1.54) is 6.07 Å². The third-order valence-electron chi connectivity index (χ3n) is 2.85. The third kappa shape index (κ3) is 3.72. The van der Waals surface area contributed by atoms with Crippen LogP contribution in [0.5, 0.6) is 5.75 Å². The largest absolute Gasteiger partial charge is 0.507 e. The Morgan fingerprint density at radius 1 is 1.33 bits per heavy atom. The van der Waals surface area contributed by atoms with E-state index < -0.39 is 17.5 Å². The predicted molar refractivity (Wildman–Crippen MR) is 68.6 cm³/mol. The third-order valence-corrected chi connectivity index (χ3v) is 2.85. The number of aromatic nitrogens is 2. The number of hydrogen-bond acceptors (Lipinski definition) is 5. The number of nitrogens with one attached hydrogen (secondary N) is 1. The smallest absolute Gasteiger partial charge is 0.419 e. The van der Waals surface area contributed by atoms with Gasteiger partial charge in [-0.1, -0.05) is 5.16 Å². The molecule has 0 amide bonds. The lowest BCUT2D eigenvalue weighted by molar-refractivity contribution is -0.138. The van der Waals surface area contributed by atoms with Crippen LogP contribution in [0.1, 0.15) is 17.9 Å². The molecule has 114 valence electrons. The molecule has 0 fully saturated rings. The summed E-state index contributed by atoms with van der Waals surface area (Å²) in [4.78, 5) is 4.05. The van der Waals surface area contributed by atoms with Gasteiger partial charge in [0, 0.05) is 12.0 Å². The predicted octanol–water partition coefficient (Wildman–Crippen LogP) is 2.61. The Labute approximate surface area is 118 Å². The second kappa shape index (κ2) is 6.13. The van der Waals surface area contributed by atoms with E-state index >= 15 is 0 Å². The Bertz CT molecular complexity index is 611. The van der Waals surface area contributed by atoms with Crippen molar-refractivity contribution in [2.75, 3.05) is 13.6 Å². The van der Waals surface area contributed by atoms with Gasteiger partial charge in [-0.2, -0.15) is 18.2 Å². The number of aromatic hydroxyl groups is 1. The average molecular weight is 301 g/mol. The summed E-state index contributed by atoms with van der Waals surface area (Å²) in [6.45, 7) is 0.773. The molecule has 0 unspecified atom stereocenters. The van der Waals surface area contributed by atoms with Gasteiger partial charge in [0.25, 0.3) is 0 Å². The highest BCUT2D eigenvalue weighted by Crippen LogP contribution is 2.37. The van der Waals surface area contributed by atoms with E-state index in [1.54, 1.807) is 0 Å². The van der Waals surface area contributed by atoms with E-state index in [2.05, 4.69) is 15.5 Å². The van der Waals surface area contributed by atoms with E-state index in [-0.39, 0.29) is 11.4 Å². The normalized spacial score (nSPS) is 11.8. The summed E-state index contributed by atoms with van der Waals surface area (Å²) in [5, 5.41) is 15.9. The number of halogens is 3. The molecule has 1 heterocycles. The first kappa shape index (κ1) is 15.3. The Kier molecular flexibility index (Phi) is 4.46. The van der Waals surface area contributed by atoms with Crippen LogP contribution in [0.2, 0.25) is 0 Å². The molecule has 2 N–H and O–H groups in total. The van der Waals surface area contributed by atoms with Crippen molar-refractivity contribution in [2.45, 2.75) is 19.0 Å². The molecule has 21 heavy (non-hydrogen) atoms. The highest BCUT2D eigenvalue weighted by atomic mass is 19.4. The molecular weight excluding hydrogens is 287 g/mol. The summed E-state index contributed by atoms with van der Waals surface area (Å²) in [6.07, 6.45) is -3.32. The summed E-state index contributed by atoms with van der Waals surface area (Å²) in [5.74, 6) is -0.397. The second-order valence-electron chi connectivity index (χ2n) is 4.45. The molecule has 0 aliphatic heterocycles. The molecule has 0 aliphatic rings. The molecule has 0 spiro atoms. The molecule has 1 aromatic carbocycles. The van der Waals surface area contributed by atoms with Crippen molar-refractivity contribution in [1.29, 1.82) is 0 Å². The lowest BCUT2D eigenvalue weighted by atomic mass is 10.1.